The molecule has 1 atom stereocenters. The molecule has 1 N–H and O–H groups in total. The van der Waals surface area contributed by atoms with Crippen LogP contribution in [0.25, 0.3) is 10.8 Å². The van der Waals surface area contributed by atoms with E-state index < -0.39 is 6.10 Å². The van der Waals surface area contributed by atoms with Crippen LogP contribution in [0.5, 0.6) is 0 Å². The Morgan fingerprint density at radius 2 is 1.89 bits per heavy atom. The number of fused-ring (bicyclic) bond motifs is 1. The standard InChI is InChI=1S/C16H20O2/c1-2-10-18-12-15(17)11-14-8-5-7-13-6-3-4-9-16(13)14/h3-9,15,17H,2,10-12H2,1H3. The lowest BCUT2D eigenvalue weighted by atomic mass is 10.0. The second kappa shape index (κ2) is 6.53. The highest BCUT2D eigenvalue weighted by atomic mass is 16.5. The lowest BCUT2D eigenvalue weighted by Gasteiger charge is -2.12. The van der Waals surface area contributed by atoms with Crippen molar-refractivity contribution in [2.45, 2.75) is 25.9 Å². The van der Waals surface area contributed by atoms with Crippen molar-refractivity contribution in [3.05, 3.63) is 48.0 Å². The molecule has 0 radical (unpaired) electrons. The molecule has 0 aromatic heterocycles. The number of aliphatic hydroxyl groups is 1. The van der Waals surface area contributed by atoms with Crippen LogP contribution in [0.4, 0.5) is 0 Å². The van der Waals surface area contributed by atoms with Crippen molar-refractivity contribution in [1.82, 2.24) is 0 Å². The summed E-state index contributed by atoms with van der Waals surface area (Å²) >= 11 is 0. The zero-order valence-corrected chi connectivity index (χ0v) is 10.8. The van der Waals surface area contributed by atoms with Gasteiger partial charge in [0.25, 0.3) is 0 Å². The van der Waals surface area contributed by atoms with Crippen LogP contribution >= 0.6 is 0 Å². The van der Waals surface area contributed by atoms with Crippen molar-refractivity contribution >= 4 is 10.8 Å². The van der Waals surface area contributed by atoms with Gasteiger partial charge in [0.1, 0.15) is 0 Å². The van der Waals surface area contributed by atoms with E-state index in [0.29, 0.717) is 19.6 Å². The molecule has 0 saturated heterocycles. The van der Waals surface area contributed by atoms with E-state index >= 15 is 0 Å². The summed E-state index contributed by atoms with van der Waals surface area (Å²) in [7, 11) is 0. The smallest absolute Gasteiger partial charge is 0.0814 e. The third kappa shape index (κ3) is 3.31. The van der Waals surface area contributed by atoms with Gasteiger partial charge >= 0.3 is 0 Å². The van der Waals surface area contributed by atoms with E-state index in [1.807, 2.05) is 18.2 Å². The summed E-state index contributed by atoms with van der Waals surface area (Å²) in [6, 6.07) is 14.5. The summed E-state index contributed by atoms with van der Waals surface area (Å²) in [5.41, 5.74) is 1.18. The predicted octanol–water partition coefficient (Wildman–Crippen LogP) is 3.17. The van der Waals surface area contributed by atoms with Gasteiger partial charge in [-0.15, -0.1) is 0 Å². The fourth-order valence-electron chi connectivity index (χ4n) is 2.15. The Labute approximate surface area is 108 Å². The third-order valence-corrected chi connectivity index (χ3v) is 2.99. The van der Waals surface area contributed by atoms with Gasteiger partial charge < -0.3 is 9.84 Å². The van der Waals surface area contributed by atoms with Crippen LogP contribution in [0.15, 0.2) is 42.5 Å². The Kier molecular flexibility index (Phi) is 4.73. The van der Waals surface area contributed by atoms with E-state index in [1.165, 1.54) is 16.3 Å². The maximum Gasteiger partial charge on any atom is 0.0814 e. The highest BCUT2D eigenvalue weighted by Gasteiger charge is 2.08. The summed E-state index contributed by atoms with van der Waals surface area (Å²) in [4.78, 5) is 0. The molecule has 0 spiro atoms. The number of rotatable bonds is 6. The SMILES string of the molecule is CCCOCC(O)Cc1cccc2ccccc12. The molecule has 96 valence electrons. The van der Waals surface area contributed by atoms with Crippen LogP contribution in [0, 0.1) is 0 Å². The molecule has 2 nitrogen and oxygen atoms in total. The Bertz CT molecular complexity index is 488. The van der Waals surface area contributed by atoms with Gasteiger partial charge in [0.05, 0.1) is 12.7 Å². The molecule has 2 heteroatoms. The highest BCUT2D eigenvalue weighted by Crippen LogP contribution is 2.19. The quantitative estimate of drug-likeness (QED) is 0.791. The first kappa shape index (κ1) is 13.1. The Morgan fingerprint density at radius 3 is 2.72 bits per heavy atom. The van der Waals surface area contributed by atoms with Gasteiger partial charge in [-0.2, -0.15) is 0 Å². The molecule has 2 rings (SSSR count). The summed E-state index contributed by atoms with van der Waals surface area (Å²) in [6.45, 7) is 3.20. The van der Waals surface area contributed by atoms with Gasteiger partial charge in [-0.3, -0.25) is 0 Å². The van der Waals surface area contributed by atoms with Crippen LogP contribution < -0.4 is 0 Å². The molecule has 0 aliphatic carbocycles. The summed E-state index contributed by atoms with van der Waals surface area (Å²) in [6.07, 6.45) is 1.20. The highest BCUT2D eigenvalue weighted by molar-refractivity contribution is 5.85. The molecule has 0 saturated carbocycles. The van der Waals surface area contributed by atoms with Crippen molar-refractivity contribution in [2.75, 3.05) is 13.2 Å². The van der Waals surface area contributed by atoms with Crippen LogP contribution in [-0.2, 0) is 11.2 Å². The zero-order valence-electron chi connectivity index (χ0n) is 10.8. The average molecular weight is 244 g/mol. The van der Waals surface area contributed by atoms with Crippen LogP contribution in [0.2, 0.25) is 0 Å². The molecule has 2 aromatic rings. The monoisotopic (exact) mass is 244 g/mol. The maximum absolute atomic E-state index is 9.96. The number of hydrogen-bond acceptors (Lipinski definition) is 2. The maximum atomic E-state index is 9.96. The molecule has 18 heavy (non-hydrogen) atoms. The number of benzene rings is 2. The summed E-state index contributed by atoms with van der Waals surface area (Å²) in [5, 5.41) is 12.4. The molecular formula is C16H20O2. The minimum absolute atomic E-state index is 0.414. The van der Waals surface area contributed by atoms with Crippen LogP contribution in [0.3, 0.4) is 0 Å². The number of aliphatic hydroxyl groups excluding tert-OH is 1. The zero-order chi connectivity index (χ0) is 12.8. The van der Waals surface area contributed by atoms with Crippen molar-refractivity contribution in [3.63, 3.8) is 0 Å². The Morgan fingerprint density at radius 1 is 1.11 bits per heavy atom. The molecule has 0 aliphatic rings. The van der Waals surface area contributed by atoms with E-state index in [4.69, 9.17) is 4.74 Å². The molecule has 2 aromatic carbocycles. The van der Waals surface area contributed by atoms with Crippen molar-refractivity contribution in [1.29, 1.82) is 0 Å². The second-order valence-corrected chi connectivity index (χ2v) is 4.57. The van der Waals surface area contributed by atoms with Gasteiger partial charge in [-0.05, 0) is 22.8 Å². The largest absolute Gasteiger partial charge is 0.390 e. The van der Waals surface area contributed by atoms with Crippen LogP contribution in [0.1, 0.15) is 18.9 Å². The Balaban J connectivity index is 2.07. The first-order valence-corrected chi connectivity index (χ1v) is 6.53. The van der Waals surface area contributed by atoms with Crippen molar-refractivity contribution in [2.24, 2.45) is 0 Å². The normalized spacial score (nSPS) is 12.8. The third-order valence-electron chi connectivity index (χ3n) is 2.99. The summed E-state index contributed by atoms with van der Waals surface area (Å²) < 4.78 is 5.38. The Hall–Kier alpha value is -1.38. The lowest BCUT2D eigenvalue weighted by molar-refractivity contribution is 0.0376. The first-order chi connectivity index (χ1) is 8.81. The minimum atomic E-state index is -0.428. The summed E-state index contributed by atoms with van der Waals surface area (Å²) in [5.74, 6) is 0. The predicted molar refractivity (Wildman–Crippen MR) is 74.8 cm³/mol. The fourth-order valence-corrected chi connectivity index (χ4v) is 2.15. The molecule has 0 fully saturated rings. The first-order valence-electron chi connectivity index (χ1n) is 6.53. The minimum Gasteiger partial charge on any atom is -0.390 e. The number of ether oxygens (including phenoxy) is 1. The molecule has 0 bridgehead atoms. The molecule has 1 unspecified atom stereocenters. The van der Waals surface area contributed by atoms with Gasteiger partial charge in [-0.25, -0.2) is 0 Å². The second-order valence-electron chi connectivity index (χ2n) is 4.57. The van der Waals surface area contributed by atoms with E-state index in [1.54, 1.807) is 0 Å². The van der Waals surface area contributed by atoms with E-state index in [-0.39, 0.29) is 0 Å². The molecule has 0 aliphatic heterocycles. The van der Waals surface area contributed by atoms with Gasteiger partial charge in [0, 0.05) is 13.0 Å². The van der Waals surface area contributed by atoms with E-state index in [0.717, 1.165) is 6.42 Å². The van der Waals surface area contributed by atoms with Crippen molar-refractivity contribution in [3.8, 4) is 0 Å². The lowest BCUT2D eigenvalue weighted by Crippen LogP contribution is -2.18. The fraction of sp³-hybridized carbons (Fsp3) is 0.375. The van der Waals surface area contributed by atoms with E-state index in [2.05, 4.69) is 31.2 Å². The van der Waals surface area contributed by atoms with Crippen LogP contribution in [-0.4, -0.2) is 24.4 Å². The topological polar surface area (TPSA) is 29.5 Å². The average Bonchev–Trinajstić information content (AvgIpc) is 2.39. The molecular weight excluding hydrogens is 224 g/mol. The molecule has 0 heterocycles. The van der Waals surface area contributed by atoms with Gasteiger partial charge in [-0.1, -0.05) is 49.4 Å². The molecule has 0 amide bonds. The van der Waals surface area contributed by atoms with E-state index in [9.17, 15) is 5.11 Å². The van der Waals surface area contributed by atoms with Crippen molar-refractivity contribution < 1.29 is 9.84 Å². The van der Waals surface area contributed by atoms with Gasteiger partial charge in [0.2, 0.25) is 0 Å². The number of hydrogen-bond donors (Lipinski definition) is 1. The van der Waals surface area contributed by atoms with Gasteiger partial charge in [0.15, 0.2) is 0 Å².